The molecule has 1 aromatic rings. The number of hydrogen-bond acceptors (Lipinski definition) is 6. The van der Waals surface area contributed by atoms with Gasteiger partial charge in [0.25, 0.3) is 0 Å². The molecule has 1 aromatic heterocycles. The Bertz CT molecular complexity index is 567. The molecule has 2 atom stereocenters. The zero-order chi connectivity index (χ0) is 16.1. The van der Waals surface area contributed by atoms with Gasteiger partial charge in [-0.15, -0.1) is 0 Å². The third kappa shape index (κ3) is 2.79. The molecule has 0 aliphatic carbocycles. The predicted molar refractivity (Wildman–Crippen MR) is 84.5 cm³/mol. The number of nitrogen functional groups attached to an aromatic ring is 1. The van der Waals surface area contributed by atoms with Gasteiger partial charge in [0.05, 0.1) is 4.88 Å². The van der Waals surface area contributed by atoms with Crippen LogP contribution in [0, 0.1) is 0 Å². The van der Waals surface area contributed by atoms with Gasteiger partial charge < -0.3 is 20.5 Å². The van der Waals surface area contributed by atoms with Gasteiger partial charge in [0.1, 0.15) is 11.2 Å². The van der Waals surface area contributed by atoms with Crippen molar-refractivity contribution in [3.8, 4) is 0 Å². The van der Waals surface area contributed by atoms with Gasteiger partial charge in [-0.3, -0.25) is 0 Å². The second-order valence-electron chi connectivity index (χ2n) is 7.28. The average molecular weight is 325 g/mol. The number of anilines is 1. The number of fused-ring (bicyclic) bond motifs is 2. The minimum Gasteiger partial charge on any atom is -0.444 e. The molecule has 0 radical (unpaired) electrons. The molecule has 3 rings (SSSR count). The molecule has 2 fully saturated rings. The first-order valence-corrected chi connectivity index (χ1v) is 8.45. The fraction of sp³-hybridized carbons (Fsp3) is 0.733. The number of aromatic nitrogens is 1. The van der Waals surface area contributed by atoms with Crippen molar-refractivity contribution in [1.82, 2.24) is 9.88 Å². The van der Waals surface area contributed by atoms with Crippen LogP contribution in [0.4, 0.5) is 9.93 Å². The monoisotopic (exact) mass is 325 g/mol. The van der Waals surface area contributed by atoms with Crippen LogP contribution in [0.3, 0.4) is 0 Å². The van der Waals surface area contributed by atoms with Gasteiger partial charge in [-0.1, -0.05) is 11.3 Å². The summed E-state index contributed by atoms with van der Waals surface area (Å²) in [6.45, 7) is 5.60. The fourth-order valence-electron chi connectivity index (χ4n) is 3.54. The molecule has 2 aliphatic rings. The minimum absolute atomic E-state index is 0.0157. The molecule has 122 valence electrons. The van der Waals surface area contributed by atoms with E-state index in [2.05, 4.69) is 4.98 Å². The third-order valence-corrected chi connectivity index (χ3v) is 5.37. The quantitative estimate of drug-likeness (QED) is 0.828. The summed E-state index contributed by atoms with van der Waals surface area (Å²) in [5.41, 5.74) is 4.25. The van der Waals surface area contributed by atoms with Gasteiger partial charge >= 0.3 is 6.09 Å². The number of carbonyl (C=O) groups is 1. The van der Waals surface area contributed by atoms with Gasteiger partial charge in [-0.05, 0) is 33.6 Å². The Balaban J connectivity index is 1.78. The Hall–Kier alpha value is -1.34. The van der Waals surface area contributed by atoms with E-state index in [-0.39, 0.29) is 18.2 Å². The van der Waals surface area contributed by atoms with Crippen molar-refractivity contribution < 1.29 is 14.6 Å². The molecule has 0 saturated carbocycles. The number of amides is 1. The second-order valence-corrected chi connectivity index (χ2v) is 8.34. The smallest absolute Gasteiger partial charge is 0.410 e. The van der Waals surface area contributed by atoms with Gasteiger partial charge in [0.2, 0.25) is 0 Å². The lowest BCUT2D eigenvalue weighted by Crippen LogP contribution is -2.52. The van der Waals surface area contributed by atoms with Crippen molar-refractivity contribution in [3.05, 3.63) is 11.1 Å². The van der Waals surface area contributed by atoms with Crippen LogP contribution in [-0.4, -0.2) is 38.8 Å². The first-order valence-electron chi connectivity index (χ1n) is 7.63. The summed E-state index contributed by atoms with van der Waals surface area (Å²) in [5.74, 6) is 0. The number of thiazole rings is 1. The number of piperidine rings is 1. The van der Waals surface area contributed by atoms with E-state index in [1.807, 2.05) is 25.7 Å². The molecule has 22 heavy (non-hydrogen) atoms. The van der Waals surface area contributed by atoms with Gasteiger partial charge in [0, 0.05) is 31.1 Å². The Morgan fingerprint density at radius 3 is 2.50 bits per heavy atom. The highest BCUT2D eigenvalue weighted by Gasteiger charge is 2.51. The summed E-state index contributed by atoms with van der Waals surface area (Å²) in [4.78, 5) is 19.1. The van der Waals surface area contributed by atoms with Crippen molar-refractivity contribution in [1.29, 1.82) is 0 Å². The summed E-state index contributed by atoms with van der Waals surface area (Å²) < 4.78 is 5.51. The highest BCUT2D eigenvalue weighted by atomic mass is 32.1. The highest BCUT2D eigenvalue weighted by Crippen LogP contribution is 2.47. The standard InChI is InChI=1S/C15H23N3O3S/c1-14(2,3)21-13(19)18-9-4-5-10(18)7-15(20,6-9)11-8-17-12(16)22-11/h8-10,20H,4-7H2,1-3H3,(H2,16,17). The van der Waals surface area contributed by atoms with Crippen LogP contribution in [-0.2, 0) is 10.3 Å². The third-order valence-electron chi connectivity index (χ3n) is 4.35. The maximum atomic E-state index is 12.4. The van der Waals surface area contributed by atoms with E-state index in [0.29, 0.717) is 18.0 Å². The van der Waals surface area contributed by atoms with E-state index in [1.165, 1.54) is 11.3 Å². The normalized spacial score (nSPS) is 31.4. The number of carbonyl (C=O) groups excluding carboxylic acids is 1. The van der Waals surface area contributed by atoms with Crippen LogP contribution in [0.15, 0.2) is 6.20 Å². The number of nitrogens with two attached hydrogens (primary N) is 1. The minimum atomic E-state index is -0.931. The SMILES string of the molecule is CC(C)(C)OC(=O)N1C2CCC1CC(O)(c1cnc(N)s1)C2. The van der Waals surface area contributed by atoms with Crippen molar-refractivity contribution in [2.45, 2.75) is 69.7 Å². The molecule has 0 spiro atoms. The first kappa shape index (κ1) is 15.6. The summed E-state index contributed by atoms with van der Waals surface area (Å²) in [7, 11) is 0. The summed E-state index contributed by atoms with van der Waals surface area (Å²) in [6, 6.07) is 0.0313. The maximum absolute atomic E-state index is 12.4. The van der Waals surface area contributed by atoms with E-state index >= 15 is 0 Å². The first-order chi connectivity index (χ1) is 10.2. The predicted octanol–water partition coefficient (Wildman–Crippen LogP) is 2.47. The van der Waals surface area contributed by atoms with Crippen LogP contribution in [0.1, 0.15) is 51.3 Å². The zero-order valence-corrected chi connectivity index (χ0v) is 14.0. The number of nitrogens with zero attached hydrogens (tertiary/aromatic N) is 2. The van der Waals surface area contributed by atoms with E-state index in [9.17, 15) is 9.90 Å². The molecular formula is C15H23N3O3S. The number of aliphatic hydroxyl groups is 1. The van der Waals surface area contributed by atoms with E-state index in [4.69, 9.17) is 10.5 Å². The lowest BCUT2D eigenvalue weighted by atomic mass is 9.85. The maximum Gasteiger partial charge on any atom is 0.410 e. The Morgan fingerprint density at radius 1 is 1.45 bits per heavy atom. The van der Waals surface area contributed by atoms with Crippen LogP contribution < -0.4 is 5.73 Å². The topological polar surface area (TPSA) is 88.7 Å². The average Bonchev–Trinajstić information content (AvgIpc) is 2.91. The van der Waals surface area contributed by atoms with Crippen LogP contribution >= 0.6 is 11.3 Å². The Kier molecular flexibility index (Phi) is 3.60. The molecule has 7 heteroatoms. The van der Waals surface area contributed by atoms with Crippen LogP contribution in [0.25, 0.3) is 0 Å². The Morgan fingerprint density at radius 2 is 2.05 bits per heavy atom. The van der Waals surface area contributed by atoms with E-state index in [0.717, 1.165) is 17.7 Å². The molecule has 3 N–H and O–H groups in total. The summed E-state index contributed by atoms with van der Waals surface area (Å²) in [6.07, 6.45) is 4.23. The fourth-order valence-corrected chi connectivity index (χ4v) is 4.33. The van der Waals surface area contributed by atoms with Gasteiger partial charge in [-0.25, -0.2) is 9.78 Å². The molecule has 3 heterocycles. The number of hydrogen-bond donors (Lipinski definition) is 2. The lowest BCUT2D eigenvalue weighted by molar-refractivity contribution is -0.0605. The number of ether oxygens (including phenoxy) is 1. The Labute approximate surface area is 134 Å². The lowest BCUT2D eigenvalue weighted by Gasteiger charge is -2.43. The summed E-state index contributed by atoms with van der Waals surface area (Å²) in [5, 5.41) is 11.5. The summed E-state index contributed by atoms with van der Waals surface area (Å²) >= 11 is 1.33. The van der Waals surface area contributed by atoms with Crippen LogP contribution in [0.5, 0.6) is 0 Å². The molecule has 2 unspecified atom stereocenters. The molecule has 1 amide bonds. The van der Waals surface area contributed by atoms with Crippen molar-refractivity contribution in [3.63, 3.8) is 0 Å². The molecule has 0 aromatic carbocycles. The second kappa shape index (κ2) is 5.09. The number of rotatable bonds is 1. The molecule has 2 bridgehead atoms. The van der Waals surface area contributed by atoms with Gasteiger partial charge in [-0.2, -0.15) is 0 Å². The van der Waals surface area contributed by atoms with Crippen molar-refractivity contribution in [2.75, 3.05) is 5.73 Å². The molecule has 2 aliphatic heterocycles. The zero-order valence-electron chi connectivity index (χ0n) is 13.2. The highest BCUT2D eigenvalue weighted by molar-refractivity contribution is 7.15. The molecule has 2 saturated heterocycles. The van der Waals surface area contributed by atoms with E-state index in [1.54, 1.807) is 6.20 Å². The largest absolute Gasteiger partial charge is 0.444 e. The van der Waals surface area contributed by atoms with Crippen molar-refractivity contribution >= 4 is 22.6 Å². The van der Waals surface area contributed by atoms with E-state index < -0.39 is 11.2 Å². The molecular weight excluding hydrogens is 302 g/mol. The van der Waals surface area contributed by atoms with Gasteiger partial charge in [0.15, 0.2) is 5.13 Å². The molecule has 6 nitrogen and oxygen atoms in total. The van der Waals surface area contributed by atoms with Crippen LogP contribution in [0.2, 0.25) is 0 Å². The van der Waals surface area contributed by atoms with Crippen molar-refractivity contribution in [2.24, 2.45) is 0 Å².